The van der Waals surface area contributed by atoms with Crippen LogP contribution in [0.5, 0.6) is 11.5 Å². The van der Waals surface area contributed by atoms with Crippen molar-refractivity contribution in [1.29, 1.82) is 0 Å². The monoisotopic (exact) mass is 830 g/mol. The highest BCUT2D eigenvalue weighted by atomic mass is 16.5. The summed E-state index contributed by atoms with van der Waals surface area (Å²) < 4.78 is 9.25. The zero-order valence-electron chi connectivity index (χ0n) is 36.1. The number of benzene rings is 10. The fourth-order valence-corrected chi connectivity index (χ4v) is 12.1. The molecule has 14 rings (SSSR count). The lowest BCUT2D eigenvalue weighted by molar-refractivity contribution is 0.435. The predicted molar refractivity (Wildman–Crippen MR) is 268 cm³/mol. The van der Waals surface area contributed by atoms with Gasteiger partial charge < -0.3 is 14.2 Å². The Morgan fingerprint density at radius 1 is 0.415 bits per heavy atom. The minimum Gasteiger partial charge on any atom is -0.457 e. The Labute approximate surface area is 378 Å². The first-order valence-electron chi connectivity index (χ1n) is 22.7. The van der Waals surface area contributed by atoms with Crippen LogP contribution in [0.2, 0.25) is 0 Å². The molecule has 0 atom stereocenters. The lowest BCUT2D eigenvalue weighted by Gasteiger charge is -2.45. The molecule has 0 radical (unpaired) electrons. The Morgan fingerprint density at radius 2 is 1.02 bits per heavy atom. The molecular formula is C62H42N2O. The van der Waals surface area contributed by atoms with Crippen LogP contribution in [0.4, 0.5) is 17.1 Å². The van der Waals surface area contributed by atoms with Crippen molar-refractivity contribution in [3.05, 3.63) is 252 Å². The van der Waals surface area contributed by atoms with E-state index >= 15 is 0 Å². The molecule has 3 heteroatoms. The van der Waals surface area contributed by atoms with Gasteiger partial charge in [-0.05, 0) is 110 Å². The van der Waals surface area contributed by atoms with Gasteiger partial charge in [0, 0.05) is 49.9 Å². The van der Waals surface area contributed by atoms with Crippen molar-refractivity contribution in [2.75, 3.05) is 4.90 Å². The smallest absolute Gasteiger partial charge is 0.132 e. The first-order valence-corrected chi connectivity index (χ1v) is 22.7. The maximum Gasteiger partial charge on any atom is 0.132 e. The first-order chi connectivity index (χ1) is 32.0. The molecule has 306 valence electrons. The SMILES string of the molecule is CC1(C)c2ccccc2-c2c(N(c3ccc4c(c3)C3(c5ccccc5Oc5ccccc53)c3cccc5cccc-4c35)c3ccc4c5ccccc5n(-c5ccccc5)c4c3)cccc21. The quantitative estimate of drug-likeness (QED) is 0.176. The van der Waals surface area contributed by atoms with Crippen LogP contribution in [-0.4, -0.2) is 4.57 Å². The van der Waals surface area contributed by atoms with Crippen LogP contribution in [-0.2, 0) is 10.8 Å². The van der Waals surface area contributed by atoms with Gasteiger partial charge in [-0.1, -0.05) is 172 Å². The third kappa shape index (κ3) is 4.79. The second-order valence-electron chi connectivity index (χ2n) is 18.4. The predicted octanol–water partition coefficient (Wildman–Crippen LogP) is 16.2. The van der Waals surface area contributed by atoms with Crippen molar-refractivity contribution < 1.29 is 4.74 Å². The number of ether oxygens (including phenoxy) is 1. The van der Waals surface area contributed by atoms with Crippen LogP contribution in [0.15, 0.2) is 218 Å². The van der Waals surface area contributed by atoms with E-state index in [0.29, 0.717) is 0 Å². The Kier molecular flexibility index (Phi) is 7.38. The van der Waals surface area contributed by atoms with Crippen LogP contribution in [0.25, 0.3) is 60.5 Å². The van der Waals surface area contributed by atoms with Crippen molar-refractivity contribution in [1.82, 2.24) is 4.57 Å². The minimum absolute atomic E-state index is 0.172. The lowest BCUT2D eigenvalue weighted by atomic mass is 9.58. The first kappa shape index (κ1) is 36.4. The number of hydrogen-bond acceptors (Lipinski definition) is 2. The number of para-hydroxylation sites is 4. The van der Waals surface area contributed by atoms with Crippen molar-refractivity contribution in [3.63, 3.8) is 0 Å². The number of fused-ring (bicyclic) bond motifs is 14. The second-order valence-corrected chi connectivity index (χ2v) is 18.4. The van der Waals surface area contributed by atoms with E-state index in [9.17, 15) is 0 Å². The van der Waals surface area contributed by atoms with E-state index in [1.807, 2.05) is 0 Å². The Balaban J connectivity index is 1.11. The van der Waals surface area contributed by atoms with E-state index in [0.717, 1.165) is 50.9 Å². The van der Waals surface area contributed by atoms with Gasteiger partial charge in [0.25, 0.3) is 0 Å². The van der Waals surface area contributed by atoms with Crippen LogP contribution in [0.3, 0.4) is 0 Å². The molecule has 0 fully saturated rings. The molecule has 0 unspecified atom stereocenters. The Hall–Kier alpha value is -8.14. The molecule has 65 heavy (non-hydrogen) atoms. The van der Waals surface area contributed by atoms with Crippen molar-refractivity contribution >= 4 is 49.6 Å². The summed E-state index contributed by atoms with van der Waals surface area (Å²) in [6.45, 7) is 4.74. The highest BCUT2D eigenvalue weighted by Gasteiger charge is 2.50. The molecule has 0 saturated carbocycles. The molecule has 3 nitrogen and oxygen atoms in total. The summed E-state index contributed by atoms with van der Waals surface area (Å²) in [6, 6.07) is 80.9. The van der Waals surface area contributed by atoms with Crippen LogP contribution >= 0.6 is 0 Å². The van der Waals surface area contributed by atoms with Crippen LogP contribution in [0.1, 0.15) is 47.2 Å². The van der Waals surface area contributed by atoms with E-state index in [1.165, 1.54) is 71.6 Å². The summed E-state index contributed by atoms with van der Waals surface area (Å²) >= 11 is 0. The summed E-state index contributed by atoms with van der Waals surface area (Å²) in [5, 5.41) is 4.99. The van der Waals surface area contributed by atoms with E-state index in [2.05, 4.69) is 242 Å². The average Bonchev–Trinajstić information content (AvgIpc) is 3.81. The molecule has 11 aromatic rings. The zero-order chi connectivity index (χ0) is 43.0. The maximum absolute atomic E-state index is 6.82. The molecule has 1 aromatic heterocycles. The fourth-order valence-electron chi connectivity index (χ4n) is 12.1. The van der Waals surface area contributed by atoms with Crippen molar-refractivity contribution in [2.24, 2.45) is 0 Å². The third-order valence-corrected chi connectivity index (χ3v) is 14.8. The molecule has 1 aliphatic heterocycles. The molecule has 10 aromatic carbocycles. The van der Waals surface area contributed by atoms with Crippen molar-refractivity contribution in [3.8, 4) is 39.4 Å². The van der Waals surface area contributed by atoms with Crippen LogP contribution < -0.4 is 9.64 Å². The van der Waals surface area contributed by atoms with Gasteiger partial charge in [-0.25, -0.2) is 0 Å². The number of rotatable bonds is 4. The summed E-state index contributed by atoms with van der Waals surface area (Å²) in [7, 11) is 0. The topological polar surface area (TPSA) is 17.4 Å². The number of anilines is 3. The van der Waals surface area contributed by atoms with Gasteiger partial charge >= 0.3 is 0 Å². The van der Waals surface area contributed by atoms with Crippen LogP contribution in [0, 0.1) is 0 Å². The van der Waals surface area contributed by atoms with Gasteiger partial charge in [0.1, 0.15) is 11.5 Å². The van der Waals surface area contributed by atoms with E-state index < -0.39 is 5.41 Å². The molecule has 0 N–H and O–H groups in total. The summed E-state index contributed by atoms with van der Waals surface area (Å²) in [4.78, 5) is 2.54. The summed E-state index contributed by atoms with van der Waals surface area (Å²) in [5.74, 6) is 1.77. The fraction of sp³-hybridized carbons (Fsp3) is 0.0645. The molecule has 2 aliphatic carbocycles. The molecule has 3 aliphatic rings. The van der Waals surface area contributed by atoms with E-state index in [-0.39, 0.29) is 5.41 Å². The Morgan fingerprint density at radius 3 is 1.83 bits per heavy atom. The normalized spacial score (nSPS) is 14.4. The van der Waals surface area contributed by atoms with Crippen molar-refractivity contribution in [2.45, 2.75) is 24.7 Å². The largest absolute Gasteiger partial charge is 0.457 e. The van der Waals surface area contributed by atoms with Gasteiger partial charge in [-0.3, -0.25) is 0 Å². The number of nitrogens with zero attached hydrogens (tertiary/aromatic N) is 2. The Bertz CT molecular complexity index is 3750. The van der Waals surface area contributed by atoms with E-state index in [4.69, 9.17) is 4.74 Å². The van der Waals surface area contributed by atoms with Gasteiger partial charge in [0.2, 0.25) is 0 Å². The summed E-state index contributed by atoms with van der Waals surface area (Å²) in [6.07, 6.45) is 0. The van der Waals surface area contributed by atoms with Gasteiger partial charge in [-0.15, -0.1) is 0 Å². The molecule has 0 amide bonds. The molecule has 1 spiro atoms. The standard InChI is InChI=1S/C62H42N2O/c1-61(2)48-24-8-6-22-47(48)60-51(61)27-16-30-55(60)63(42-34-36-45-44-21-7-11-29-54(44)64(56(45)38-42)40-19-4-3-5-20-40)41-33-35-43-46-23-14-17-39-18-15-28-52(59(39)46)62(53(43)37-41)49-25-9-12-31-57(49)65-58-32-13-10-26-50(58)62/h3-38H,1-2H3. The molecular weight excluding hydrogens is 789 g/mol. The third-order valence-electron chi connectivity index (χ3n) is 14.8. The lowest BCUT2D eigenvalue weighted by Crippen LogP contribution is -2.36. The highest BCUT2D eigenvalue weighted by Crippen LogP contribution is 2.62. The zero-order valence-corrected chi connectivity index (χ0v) is 36.1. The van der Waals surface area contributed by atoms with Gasteiger partial charge in [0.05, 0.1) is 22.1 Å². The molecule has 0 bridgehead atoms. The highest BCUT2D eigenvalue weighted by molar-refractivity contribution is 6.11. The average molecular weight is 831 g/mol. The van der Waals surface area contributed by atoms with Gasteiger partial charge in [-0.2, -0.15) is 0 Å². The minimum atomic E-state index is -0.673. The maximum atomic E-state index is 6.82. The van der Waals surface area contributed by atoms with E-state index in [1.54, 1.807) is 0 Å². The van der Waals surface area contributed by atoms with Gasteiger partial charge in [0.15, 0.2) is 0 Å². The molecule has 0 saturated heterocycles. The second kappa shape index (κ2) is 13.2. The number of hydrogen-bond donors (Lipinski definition) is 0. The summed E-state index contributed by atoms with van der Waals surface area (Å²) in [5.41, 5.74) is 18.5. The number of aromatic nitrogens is 1. The molecule has 2 heterocycles.